The summed E-state index contributed by atoms with van der Waals surface area (Å²) < 4.78 is 5.72. The van der Waals surface area contributed by atoms with Crippen molar-refractivity contribution in [1.82, 2.24) is 10.3 Å². The average Bonchev–Trinajstić information content (AvgIpc) is 2.74. The smallest absolute Gasteiger partial charge is 0.329 e. The summed E-state index contributed by atoms with van der Waals surface area (Å²) in [5, 5.41) is 3.87. The van der Waals surface area contributed by atoms with Gasteiger partial charge in [-0.15, -0.1) is 0 Å². The molecule has 1 aliphatic heterocycles. The first-order valence-corrected chi connectivity index (χ1v) is 9.11. The van der Waals surface area contributed by atoms with E-state index >= 15 is 0 Å². The van der Waals surface area contributed by atoms with Gasteiger partial charge in [-0.3, -0.25) is 9.59 Å². The maximum absolute atomic E-state index is 12.0. The van der Waals surface area contributed by atoms with E-state index in [1.165, 1.54) is 6.21 Å². The number of hydrogen-bond donors (Lipinski definition) is 1. The van der Waals surface area contributed by atoms with Crippen molar-refractivity contribution in [3.8, 4) is 5.75 Å². The van der Waals surface area contributed by atoms with Gasteiger partial charge in [0.25, 0.3) is 0 Å². The molecule has 27 heavy (non-hydrogen) atoms. The molecule has 0 bridgehead atoms. The molecule has 140 valence electrons. The van der Waals surface area contributed by atoms with Crippen molar-refractivity contribution < 1.29 is 14.3 Å². The molecule has 1 N–H and O–H groups in total. The summed E-state index contributed by atoms with van der Waals surface area (Å²) in [6.07, 6.45) is 4.50. The summed E-state index contributed by atoms with van der Waals surface area (Å²) in [6.45, 7) is 1.78. The number of hydrazone groups is 1. The SMILES string of the molecule is O=C(N/N=C\c1ccc(OCc2ccccc2)cc1)C(=O)N1CCCCC1. The van der Waals surface area contributed by atoms with Gasteiger partial charge in [-0.2, -0.15) is 5.10 Å². The molecule has 0 spiro atoms. The van der Waals surface area contributed by atoms with Crippen molar-refractivity contribution in [3.63, 3.8) is 0 Å². The number of amides is 2. The minimum atomic E-state index is -0.698. The third kappa shape index (κ3) is 5.67. The first-order valence-electron chi connectivity index (χ1n) is 9.11. The first kappa shape index (κ1) is 18.6. The number of piperidine rings is 1. The topological polar surface area (TPSA) is 71.0 Å². The number of ether oxygens (including phenoxy) is 1. The number of hydrogen-bond acceptors (Lipinski definition) is 4. The summed E-state index contributed by atoms with van der Waals surface area (Å²) in [5.74, 6) is -0.465. The maximum Gasteiger partial charge on any atom is 0.329 e. The van der Waals surface area contributed by atoms with Crippen molar-refractivity contribution >= 4 is 18.0 Å². The monoisotopic (exact) mass is 365 g/mol. The number of likely N-dealkylation sites (tertiary alicyclic amines) is 1. The molecule has 1 heterocycles. The Kier molecular flexibility index (Phi) is 6.57. The van der Waals surface area contributed by atoms with E-state index in [4.69, 9.17) is 4.74 Å². The van der Waals surface area contributed by atoms with Crippen molar-refractivity contribution in [1.29, 1.82) is 0 Å². The lowest BCUT2D eigenvalue weighted by Gasteiger charge is -2.25. The van der Waals surface area contributed by atoms with Gasteiger partial charge in [-0.1, -0.05) is 30.3 Å². The second-order valence-electron chi connectivity index (χ2n) is 6.40. The lowest BCUT2D eigenvalue weighted by Crippen LogP contribution is -2.43. The zero-order valence-electron chi connectivity index (χ0n) is 15.1. The lowest BCUT2D eigenvalue weighted by molar-refractivity contribution is -0.146. The van der Waals surface area contributed by atoms with E-state index in [1.807, 2.05) is 54.6 Å². The van der Waals surface area contributed by atoms with Gasteiger partial charge in [0.15, 0.2) is 0 Å². The van der Waals surface area contributed by atoms with Gasteiger partial charge in [-0.05, 0) is 54.7 Å². The van der Waals surface area contributed by atoms with E-state index in [9.17, 15) is 9.59 Å². The van der Waals surface area contributed by atoms with E-state index in [-0.39, 0.29) is 0 Å². The zero-order valence-corrected chi connectivity index (χ0v) is 15.1. The minimum absolute atomic E-state index is 0.503. The Bertz CT molecular complexity index is 782. The zero-order chi connectivity index (χ0) is 18.9. The molecule has 0 radical (unpaired) electrons. The number of carbonyl (C=O) groups excluding carboxylic acids is 2. The Morgan fingerprint density at radius 2 is 1.70 bits per heavy atom. The van der Waals surface area contributed by atoms with Gasteiger partial charge >= 0.3 is 11.8 Å². The highest BCUT2D eigenvalue weighted by atomic mass is 16.5. The number of carbonyl (C=O) groups is 2. The third-order valence-corrected chi connectivity index (χ3v) is 4.35. The fourth-order valence-electron chi connectivity index (χ4n) is 2.84. The van der Waals surface area contributed by atoms with Crippen molar-refractivity contribution in [2.24, 2.45) is 5.10 Å². The summed E-state index contributed by atoms with van der Waals surface area (Å²) >= 11 is 0. The Morgan fingerprint density at radius 1 is 1.00 bits per heavy atom. The van der Waals surface area contributed by atoms with Gasteiger partial charge in [0.2, 0.25) is 0 Å². The quantitative estimate of drug-likeness (QED) is 0.503. The Balaban J connectivity index is 1.46. The first-order chi connectivity index (χ1) is 13.2. The highest BCUT2D eigenvalue weighted by Gasteiger charge is 2.22. The van der Waals surface area contributed by atoms with Crippen molar-refractivity contribution in [3.05, 3.63) is 65.7 Å². The standard InChI is InChI=1S/C21H23N3O3/c25-20(21(26)24-13-5-2-6-14-24)23-22-15-17-9-11-19(12-10-17)27-16-18-7-3-1-4-8-18/h1,3-4,7-12,15H,2,5-6,13-14,16H2,(H,23,25)/b22-15-. The van der Waals surface area contributed by atoms with Crippen LogP contribution in [0.1, 0.15) is 30.4 Å². The number of rotatable bonds is 5. The van der Waals surface area contributed by atoms with Gasteiger partial charge in [-0.25, -0.2) is 5.43 Å². The lowest BCUT2D eigenvalue weighted by atomic mass is 10.1. The number of nitrogens with zero attached hydrogens (tertiary/aromatic N) is 2. The van der Waals surface area contributed by atoms with E-state index in [0.717, 1.165) is 36.1 Å². The molecule has 1 fully saturated rings. The Labute approximate surface area is 158 Å². The summed E-state index contributed by atoms with van der Waals surface area (Å²) in [4.78, 5) is 25.4. The van der Waals surface area contributed by atoms with Crippen LogP contribution in [0.25, 0.3) is 0 Å². The van der Waals surface area contributed by atoms with Crippen LogP contribution < -0.4 is 10.2 Å². The van der Waals surface area contributed by atoms with Crippen LogP contribution in [0, 0.1) is 0 Å². The molecule has 0 aliphatic carbocycles. The van der Waals surface area contributed by atoms with Crippen molar-refractivity contribution in [2.45, 2.75) is 25.9 Å². The number of nitrogens with one attached hydrogen (secondary N) is 1. The molecule has 1 aliphatic rings. The highest BCUT2D eigenvalue weighted by molar-refractivity contribution is 6.35. The largest absolute Gasteiger partial charge is 0.489 e. The van der Waals surface area contributed by atoms with E-state index in [0.29, 0.717) is 19.7 Å². The van der Waals surface area contributed by atoms with Crippen molar-refractivity contribution in [2.75, 3.05) is 13.1 Å². The van der Waals surface area contributed by atoms with Crippen LogP contribution in [0.2, 0.25) is 0 Å². The summed E-state index contributed by atoms with van der Waals surface area (Å²) in [7, 11) is 0. The number of benzene rings is 2. The predicted molar refractivity (Wildman–Crippen MR) is 103 cm³/mol. The average molecular weight is 365 g/mol. The van der Waals surface area contributed by atoms with Crippen LogP contribution in [0.4, 0.5) is 0 Å². The van der Waals surface area contributed by atoms with Crippen LogP contribution in [-0.2, 0) is 16.2 Å². The molecule has 0 aromatic heterocycles. The molecule has 6 heteroatoms. The predicted octanol–water partition coefficient (Wildman–Crippen LogP) is 2.73. The molecular weight excluding hydrogens is 342 g/mol. The Morgan fingerprint density at radius 3 is 2.41 bits per heavy atom. The van der Waals surface area contributed by atoms with Crippen LogP contribution in [0.15, 0.2) is 59.7 Å². The molecule has 0 saturated carbocycles. The molecule has 0 atom stereocenters. The molecule has 2 aromatic rings. The second kappa shape index (κ2) is 9.52. The van der Waals surface area contributed by atoms with Gasteiger partial charge in [0.1, 0.15) is 12.4 Å². The molecule has 6 nitrogen and oxygen atoms in total. The third-order valence-electron chi connectivity index (χ3n) is 4.35. The fraction of sp³-hybridized carbons (Fsp3) is 0.286. The van der Waals surface area contributed by atoms with Gasteiger partial charge in [0.05, 0.1) is 6.21 Å². The fourth-order valence-corrected chi connectivity index (χ4v) is 2.84. The van der Waals surface area contributed by atoms with Crippen LogP contribution >= 0.6 is 0 Å². The van der Waals surface area contributed by atoms with Crippen LogP contribution in [0.3, 0.4) is 0 Å². The maximum atomic E-state index is 12.0. The highest BCUT2D eigenvalue weighted by Crippen LogP contribution is 2.13. The van der Waals surface area contributed by atoms with Crippen LogP contribution in [-0.4, -0.2) is 36.0 Å². The second-order valence-corrected chi connectivity index (χ2v) is 6.40. The molecule has 3 rings (SSSR count). The van der Waals surface area contributed by atoms with E-state index in [2.05, 4.69) is 10.5 Å². The molecule has 2 aromatic carbocycles. The van der Waals surface area contributed by atoms with E-state index < -0.39 is 11.8 Å². The molecule has 2 amide bonds. The van der Waals surface area contributed by atoms with Gasteiger partial charge in [0, 0.05) is 13.1 Å². The Hall–Kier alpha value is -3.15. The van der Waals surface area contributed by atoms with Gasteiger partial charge < -0.3 is 9.64 Å². The summed E-state index contributed by atoms with van der Waals surface area (Å²) in [6, 6.07) is 17.3. The molecular formula is C21H23N3O3. The minimum Gasteiger partial charge on any atom is -0.489 e. The molecule has 0 unspecified atom stereocenters. The van der Waals surface area contributed by atoms with E-state index in [1.54, 1.807) is 4.90 Å². The summed E-state index contributed by atoms with van der Waals surface area (Å²) in [5.41, 5.74) is 4.20. The molecule has 1 saturated heterocycles. The van der Waals surface area contributed by atoms with Crippen LogP contribution in [0.5, 0.6) is 5.75 Å². The normalized spacial score (nSPS) is 14.1.